The molecule has 3 nitrogen and oxygen atoms in total. The molecule has 0 aliphatic heterocycles. The summed E-state index contributed by atoms with van der Waals surface area (Å²) in [6, 6.07) is 8.17. The quantitative estimate of drug-likeness (QED) is 0.856. The lowest BCUT2D eigenvalue weighted by atomic mass is 10.1. The normalized spacial score (nSPS) is 11.7. The maximum atomic E-state index is 5.97. The molecule has 0 bridgehead atoms. The molecule has 0 aliphatic rings. The highest BCUT2D eigenvalue weighted by atomic mass is 35.5. The number of benzene rings is 1. The molecular formula is C16H24ClN3. The third kappa shape index (κ3) is 4.66. The Bertz CT molecular complexity index is 528. The zero-order valence-electron chi connectivity index (χ0n) is 12.5. The molecule has 0 saturated heterocycles. The summed E-state index contributed by atoms with van der Waals surface area (Å²) in [4.78, 5) is 4.33. The van der Waals surface area contributed by atoms with Crippen LogP contribution in [0.25, 0.3) is 10.9 Å². The number of aromatic nitrogens is 1. The summed E-state index contributed by atoms with van der Waals surface area (Å²) < 4.78 is 0. The molecule has 1 unspecified atom stereocenters. The summed E-state index contributed by atoms with van der Waals surface area (Å²) >= 11 is 5.97. The van der Waals surface area contributed by atoms with Gasteiger partial charge in [0.05, 0.1) is 5.52 Å². The predicted octanol–water partition coefficient (Wildman–Crippen LogP) is 4.45. The largest absolute Gasteiger partial charge is 0.382 e. The van der Waals surface area contributed by atoms with Crippen molar-refractivity contribution in [3.05, 3.63) is 35.5 Å². The number of rotatable bonds is 5. The molecule has 110 valence electrons. The Morgan fingerprint density at radius 2 is 2.05 bits per heavy atom. The Morgan fingerprint density at radius 1 is 1.30 bits per heavy atom. The number of halogens is 1. The summed E-state index contributed by atoms with van der Waals surface area (Å²) in [5, 5.41) is 5.31. The molecule has 4 heteroatoms. The van der Waals surface area contributed by atoms with Crippen molar-refractivity contribution in [2.45, 2.75) is 39.7 Å². The van der Waals surface area contributed by atoms with Crippen molar-refractivity contribution >= 4 is 28.2 Å². The van der Waals surface area contributed by atoms with Crippen molar-refractivity contribution in [3.8, 4) is 0 Å². The van der Waals surface area contributed by atoms with Crippen LogP contribution in [0.5, 0.6) is 0 Å². The summed E-state index contributed by atoms with van der Waals surface area (Å²) in [5.74, 6) is 0. The van der Waals surface area contributed by atoms with E-state index in [2.05, 4.69) is 17.2 Å². The smallest absolute Gasteiger partial charge is 0.0737 e. The van der Waals surface area contributed by atoms with E-state index in [1.165, 1.54) is 0 Å². The van der Waals surface area contributed by atoms with E-state index >= 15 is 0 Å². The summed E-state index contributed by atoms with van der Waals surface area (Å²) in [6.45, 7) is 6.90. The first-order valence-electron chi connectivity index (χ1n) is 7.21. The second-order valence-electron chi connectivity index (χ2n) is 4.50. The van der Waals surface area contributed by atoms with Crippen molar-refractivity contribution < 1.29 is 0 Å². The van der Waals surface area contributed by atoms with E-state index in [0.717, 1.165) is 36.0 Å². The van der Waals surface area contributed by atoms with Crippen LogP contribution in [-0.4, -0.2) is 17.6 Å². The molecule has 0 spiro atoms. The molecule has 2 aromatic rings. The van der Waals surface area contributed by atoms with Gasteiger partial charge in [-0.3, -0.25) is 4.98 Å². The van der Waals surface area contributed by atoms with Crippen LogP contribution in [0.2, 0.25) is 5.02 Å². The van der Waals surface area contributed by atoms with Gasteiger partial charge in [0.2, 0.25) is 0 Å². The summed E-state index contributed by atoms with van der Waals surface area (Å²) in [7, 11) is 0. The van der Waals surface area contributed by atoms with Crippen molar-refractivity contribution in [2.75, 3.05) is 11.9 Å². The van der Waals surface area contributed by atoms with Crippen LogP contribution in [0.3, 0.4) is 0 Å². The van der Waals surface area contributed by atoms with Gasteiger partial charge in [0.15, 0.2) is 0 Å². The zero-order chi connectivity index (χ0) is 15.0. The average Bonchev–Trinajstić information content (AvgIpc) is 2.47. The molecule has 0 fully saturated rings. The average molecular weight is 294 g/mol. The van der Waals surface area contributed by atoms with Crippen LogP contribution in [0.1, 0.15) is 33.6 Å². The number of hydrogen-bond acceptors (Lipinski definition) is 3. The number of anilines is 1. The number of nitrogens with two attached hydrogens (primary N) is 1. The summed E-state index contributed by atoms with van der Waals surface area (Å²) in [5.41, 5.74) is 7.54. The SMILES string of the molecule is CC.CC(CCCN)Nc1ccnc2cc(Cl)ccc12. The minimum absolute atomic E-state index is 0.398. The van der Waals surface area contributed by atoms with Gasteiger partial charge in [0.1, 0.15) is 0 Å². The van der Waals surface area contributed by atoms with Gasteiger partial charge in [0, 0.05) is 28.3 Å². The van der Waals surface area contributed by atoms with Crippen LogP contribution in [-0.2, 0) is 0 Å². The second-order valence-corrected chi connectivity index (χ2v) is 4.93. The van der Waals surface area contributed by atoms with Gasteiger partial charge in [-0.05, 0) is 50.6 Å². The van der Waals surface area contributed by atoms with Crippen LogP contribution in [0, 0.1) is 0 Å². The van der Waals surface area contributed by atoms with Gasteiger partial charge in [0.25, 0.3) is 0 Å². The molecule has 1 aromatic carbocycles. The molecule has 1 aromatic heterocycles. The van der Waals surface area contributed by atoms with Gasteiger partial charge in [-0.2, -0.15) is 0 Å². The first-order valence-corrected chi connectivity index (χ1v) is 7.59. The topological polar surface area (TPSA) is 50.9 Å². The number of nitrogens with one attached hydrogen (secondary N) is 1. The molecule has 3 N–H and O–H groups in total. The highest BCUT2D eigenvalue weighted by Crippen LogP contribution is 2.25. The zero-order valence-corrected chi connectivity index (χ0v) is 13.2. The van der Waals surface area contributed by atoms with Crippen LogP contribution < -0.4 is 11.1 Å². The van der Waals surface area contributed by atoms with E-state index in [1.807, 2.05) is 38.1 Å². The minimum atomic E-state index is 0.398. The van der Waals surface area contributed by atoms with Crippen molar-refractivity contribution in [1.29, 1.82) is 0 Å². The Labute approximate surface area is 126 Å². The van der Waals surface area contributed by atoms with Crippen LogP contribution in [0.15, 0.2) is 30.5 Å². The minimum Gasteiger partial charge on any atom is -0.382 e. The first kappa shape index (κ1) is 16.7. The van der Waals surface area contributed by atoms with Crippen LogP contribution >= 0.6 is 11.6 Å². The number of nitrogens with zero attached hydrogens (tertiary/aromatic N) is 1. The van der Waals surface area contributed by atoms with Crippen molar-refractivity contribution in [1.82, 2.24) is 4.98 Å². The van der Waals surface area contributed by atoms with Crippen molar-refractivity contribution in [3.63, 3.8) is 0 Å². The monoisotopic (exact) mass is 293 g/mol. The fourth-order valence-electron chi connectivity index (χ4n) is 2.01. The lowest BCUT2D eigenvalue weighted by Gasteiger charge is -2.16. The lowest BCUT2D eigenvalue weighted by molar-refractivity contribution is 0.663. The fourth-order valence-corrected chi connectivity index (χ4v) is 2.18. The Hall–Kier alpha value is -1.32. The van der Waals surface area contributed by atoms with Gasteiger partial charge in [-0.1, -0.05) is 25.4 Å². The van der Waals surface area contributed by atoms with E-state index in [4.69, 9.17) is 17.3 Å². The Morgan fingerprint density at radius 3 is 2.75 bits per heavy atom. The van der Waals surface area contributed by atoms with E-state index in [0.29, 0.717) is 11.1 Å². The third-order valence-corrected chi connectivity index (χ3v) is 3.18. The second kappa shape index (κ2) is 8.77. The first-order chi connectivity index (χ1) is 9.70. The number of hydrogen-bond donors (Lipinski definition) is 2. The number of pyridine rings is 1. The summed E-state index contributed by atoms with van der Waals surface area (Å²) in [6.07, 6.45) is 3.90. The molecule has 0 aliphatic carbocycles. The molecule has 20 heavy (non-hydrogen) atoms. The maximum Gasteiger partial charge on any atom is 0.0737 e. The third-order valence-electron chi connectivity index (χ3n) is 2.95. The highest BCUT2D eigenvalue weighted by Gasteiger charge is 2.06. The van der Waals surface area contributed by atoms with Crippen LogP contribution in [0.4, 0.5) is 5.69 Å². The van der Waals surface area contributed by atoms with E-state index in [9.17, 15) is 0 Å². The van der Waals surface area contributed by atoms with E-state index in [-0.39, 0.29) is 0 Å². The molecular weight excluding hydrogens is 270 g/mol. The standard InChI is InChI=1S/C14H18ClN3.C2H6/c1-10(3-2-7-16)18-13-6-8-17-14-9-11(15)4-5-12(13)14;1-2/h4-6,8-10H,2-3,7,16H2,1H3,(H,17,18);1-2H3. The van der Waals surface area contributed by atoms with E-state index in [1.54, 1.807) is 6.20 Å². The number of fused-ring (bicyclic) bond motifs is 1. The Balaban J connectivity index is 0.000000956. The maximum absolute atomic E-state index is 5.97. The molecule has 0 radical (unpaired) electrons. The fraction of sp³-hybridized carbons (Fsp3) is 0.438. The molecule has 0 saturated carbocycles. The molecule has 1 atom stereocenters. The highest BCUT2D eigenvalue weighted by molar-refractivity contribution is 6.31. The molecule has 0 amide bonds. The van der Waals surface area contributed by atoms with Gasteiger partial charge >= 0.3 is 0 Å². The van der Waals surface area contributed by atoms with Crippen molar-refractivity contribution in [2.24, 2.45) is 5.73 Å². The van der Waals surface area contributed by atoms with Gasteiger partial charge < -0.3 is 11.1 Å². The predicted molar refractivity (Wildman–Crippen MR) is 89.5 cm³/mol. The van der Waals surface area contributed by atoms with Gasteiger partial charge in [-0.25, -0.2) is 0 Å². The van der Waals surface area contributed by atoms with Gasteiger partial charge in [-0.15, -0.1) is 0 Å². The molecule has 2 rings (SSSR count). The lowest BCUT2D eigenvalue weighted by Crippen LogP contribution is -2.16. The Kier molecular flexibility index (Phi) is 7.34. The van der Waals surface area contributed by atoms with E-state index < -0.39 is 0 Å². The molecule has 1 heterocycles.